The summed E-state index contributed by atoms with van der Waals surface area (Å²) in [4.78, 5) is 1.82. The molecule has 0 spiro atoms. The van der Waals surface area contributed by atoms with Crippen LogP contribution in [0.2, 0.25) is 0 Å². The maximum absolute atomic E-state index is 13.1. The monoisotopic (exact) mass is 382 g/mol. The number of benzene rings is 1. The maximum atomic E-state index is 13.1. The third kappa shape index (κ3) is 3.57. The van der Waals surface area contributed by atoms with E-state index in [1.807, 2.05) is 39.8 Å². The van der Waals surface area contributed by atoms with Crippen molar-refractivity contribution in [3.63, 3.8) is 0 Å². The lowest BCUT2D eigenvalue weighted by molar-refractivity contribution is -0.188. The Bertz CT molecular complexity index is 823. The second kappa shape index (κ2) is 6.81. The zero-order valence-corrected chi connectivity index (χ0v) is 15.1. The normalized spacial score (nSPS) is 21.9. The van der Waals surface area contributed by atoms with E-state index in [9.17, 15) is 13.2 Å². The highest BCUT2D eigenvalue weighted by Crippen LogP contribution is 2.40. The van der Waals surface area contributed by atoms with Gasteiger partial charge in [0.25, 0.3) is 0 Å². The molecule has 8 heteroatoms. The molecular formula is C18H21F3N4S. The summed E-state index contributed by atoms with van der Waals surface area (Å²) < 4.78 is 43.4. The minimum absolute atomic E-state index is 0.0161. The Labute approximate surface area is 155 Å². The van der Waals surface area contributed by atoms with Crippen molar-refractivity contribution in [1.29, 1.82) is 0 Å². The van der Waals surface area contributed by atoms with E-state index < -0.39 is 12.1 Å². The number of nitrogens with zero attached hydrogens (tertiary/aromatic N) is 4. The van der Waals surface area contributed by atoms with E-state index in [0.29, 0.717) is 30.3 Å². The number of likely N-dealkylation sites (tertiary alicyclic amines) is 1. The van der Waals surface area contributed by atoms with Crippen molar-refractivity contribution in [2.24, 2.45) is 5.92 Å². The molecule has 26 heavy (non-hydrogen) atoms. The van der Waals surface area contributed by atoms with Crippen molar-refractivity contribution >= 4 is 12.2 Å². The minimum Gasteiger partial charge on any atom is -0.284 e. The van der Waals surface area contributed by atoms with E-state index in [0.717, 1.165) is 24.4 Å². The van der Waals surface area contributed by atoms with Crippen molar-refractivity contribution in [1.82, 2.24) is 19.2 Å². The molecule has 0 radical (unpaired) electrons. The van der Waals surface area contributed by atoms with Gasteiger partial charge in [-0.25, -0.2) is 4.68 Å². The van der Waals surface area contributed by atoms with Crippen molar-refractivity contribution in [3.8, 4) is 5.69 Å². The number of hydrogen-bond donors (Lipinski definition) is 0. The molecule has 0 amide bonds. The summed E-state index contributed by atoms with van der Waals surface area (Å²) in [5.41, 5.74) is 0.956. The summed E-state index contributed by atoms with van der Waals surface area (Å²) in [7, 11) is 0. The second-order valence-electron chi connectivity index (χ2n) is 7.18. The first-order chi connectivity index (χ1) is 12.4. The number of piperidine rings is 1. The quantitative estimate of drug-likeness (QED) is 0.728. The molecule has 1 aromatic heterocycles. The number of alkyl halides is 3. The third-order valence-electron chi connectivity index (χ3n) is 5.12. The van der Waals surface area contributed by atoms with Crippen LogP contribution in [-0.4, -0.2) is 38.5 Å². The standard InChI is InChI=1S/C18H21F3N4S/c19-18(20,21)14-5-4-10-23(11-14)12-24-17(26)25(15-6-2-1-3-7-15)16(22-24)13-8-9-13/h1-3,6-7,13-14H,4-5,8-12H2/t14-/m0/s1. The van der Waals surface area contributed by atoms with Gasteiger partial charge in [-0.15, -0.1) is 0 Å². The average molecular weight is 382 g/mol. The van der Waals surface area contributed by atoms with Crippen LogP contribution in [0.15, 0.2) is 30.3 Å². The molecule has 140 valence electrons. The smallest absolute Gasteiger partial charge is 0.284 e. The molecule has 0 N–H and O–H groups in total. The van der Waals surface area contributed by atoms with Crippen LogP contribution in [0.3, 0.4) is 0 Å². The Morgan fingerprint density at radius 2 is 1.85 bits per heavy atom. The van der Waals surface area contributed by atoms with Gasteiger partial charge in [0.1, 0.15) is 5.82 Å². The Balaban J connectivity index is 1.61. The van der Waals surface area contributed by atoms with Crippen LogP contribution in [0, 0.1) is 10.7 Å². The highest BCUT2D eigenvalue weighted by Gasteiger charge is 2.42. The number of hydrogen-bond acceptors (Lipinski definition) is 3. The lowest BCUT2D eigenvalue weighted by Crippen LogP contribution is -2.42. The maximum Gasteiger partial charge on any atom is 0.393 e. The third-order valence-corrected chi connectivity index (χ3v) is 5.52. The zero-order chi connectivity index (χ0) is 18.3. The molecule has 0 bridgehead atoms. The van der Waals surface area contributed by atoms with Gasteiger partial charge >= 0.3 is 6.18 Å². The number of halogens is 3. The summed E-state index contributed by atoms with van der Waals surface area (Å²) in [5, 5.41) is 4.68. The molecule has 1 aliphatic heterocycles. The molecule has 4 nitrogen and oxygen atoms in total. The van der Waals surface area contributed by atoms with Crippen LogP contribution in [0.25, 0.3) is 5.69 Å². The number of para-hydroxylation sites is 1. The molecule has 1 saturated carbocycles. The molecule has 0 unspecified atom stereocenters. The fraction of sp³-hybridized carbons (Fsp3) is 0.556. The van der Waals surface area contributed by atoms with E-state index in [4.69, 9.17) is 12.2 Å². The van der Waals surface area contributed by atoms with Gasteiger partial charge in [0.15, 0.2) is 0 Å². The predicted molar refractivity (Wildman–Crippen MR) is 94.7 cm³/mol. The van der Waals surface area contributed by atoms with Gasteiger partial charge in [0, 0.05) is 18.2 Å². The van der Waals surface area contributed by atoms with Gasteiger partial charge < -0.3 is 0 Å². The Kier molecular flexibility index (Phi) is 4.64. The second-order valence-corrected chi connectivity index (χ2v) is 7.55. The SMILES string of the molecule is FC(F)(F)[C@H]1CCCN(Cn2nc(C3CC3)n(-c3ccccc3)c2=S)C1. The van der Waals surface area contributed by atoms with Crippen molar-refractivity contribution in [2.45, 2.75) is 44.4 Å². The van der Waals surface area contributed by atoms with E-state index >= 15 is 0 Å². The van der Waals surface area contributed by atoms with E-state index in [1.165, 1.54) is 0 Å². The highest BCUT2D eigenvalue weighted by atomic mass is 32.1. The lowest BCUT2D eigenvalue weighted by Gasteiger charge is -2.33. The molecule has 1 atom stereocenters. The van der Waals surface area contributed by atoms with Crippen LogP contribution in [0.1, 0.15) is 37.4 Å². The lowest BCUT2D eigenvalue weighted by atomic mass is 9.98. The number of rotatable bonds is 4. The molecule has 1 aromatic carbocycles. The molecule has 1 aliphatic carbocycles. The van der Waals surface area contributed by atoms with Crippen molar-refractivity contribution in [3.05, 3.63) is 40.9 Å². The van der Waals surface area contributed by atoms with Crippen LogP contribution in [-0.2, 0) is 6.67 Å². The Morgan fingerprint density at radius 1 is 1.12 bits per heavy atom. The van der Waals surface area contributed by atoms with Gasteiger partial charge in [-0.3, -0.25) is 9.47 Å². The van der Waals surface area contributed by atoms with Gasteiger partial charge in [0.05, 0.1) is 12.6 Å². The summed E-state index contributed by atoms with van der Waals surface area (Å²) in [6.45, 7) is 0.971. The summed E-state index contributed by atoms with van der Waals surface area (Å²) in [6.07, 6.45) is -1.22. The van der Waals surface area contributed by atoms with Crippen LogP contribution in [0.5, 0.6) is 0 Å². The summed E-state index contributed by atoms with van der Waals surface area (Å²) >= 11 is 5.63. The topological polar surface area (TPSA) is 26.0 Å². The van der Waals surface area contributed by atoms with Crippen molar-refractivity contribution < 1.29 is 13.2 Å². The zero-order valence-electron chi connectivity index (χ0n) is 14.3. The molecule has 2 aliphatic rings. The first-order valence-electron chi connectivity index (χ1n) is 8.98. The Morgan fingerprint density at radius 3 is 2.50 bits per heavy atom. The van der Waals surface area contributed by atoms with Gasteiger partial charge in [-0.05, 0) is 56.6 Å². The van der Waals surface area contributed by atoms with Crippen LogP contribution >= 0.6 is 12.2 Å². The first kappa shape index (κ1) is 17.7. The summed E-state index contributed by atoms with van der Waals surface area (Å²) in [6, 6.07) is 9.80. The van der Waals surface area contributed by atoms with E-state index in [1.54, 1.807) is 4.68 Å². The predicted octanol–water partition coefficient (Wildman–Crippen LogP) is 4.51. The molecule has 2 aromatic rings. The van der Waals surface area contributed by atoms with Gasteiger partial charge in [0.2, 0.25) is 4.77 Å². The number of aromatic nitrogens is 3. The van der Waals surface area contributed by atoms with E-state index in [2.05, 4.69) is 5.10 Å². The highest BCUT2D eigenvalue weighted by molar-refractivity contribution is 7.71. The molecule has 2 heterocycles. The largest absolute Gasteiger partial charge is 0.393 e. The minimum atomic E-state index is -4.14. The molecular weight excluding hydrogens is 361 g/mol. The van der Waals surface area contributed by atoms with Crippen molar-refractivity contribution in [2.75, 3.05) is 13.1 Å². The fourth-order valence-electron chi connectivity index (χ4n) is 3.58. The van der Waals surface area contributed by atoms with Gasteiger partial charge in [-0.1, -0.05) is 18.2 Å². The molecule has 4 rings (SSSR count). The Hall–Kier alpha value is -1.67. The van der Waals surface area contributed by atoms with Gasteiger partial charge in [-0.2, -0.15) is 18.3 Å². The van der Waals surface area contributed by atoms with Crippen LogP contribution < -0.4 is 0 Å². The first-order valence-corrected chi connectivity index (χ1v) is 9.38. The fourth-order valence-corrected chi connectivity index (χ4v) is 3.88. The van der Waals surface area contributed by atoms with E-state index in [-0.39, 0.29) is 13.0 Å². The molecule has 2 fully saturated rings. The average Bonchev–Trinajstić information content (AvgIpc) is 3.41. The van der Waals surface area contributed by atoms with Crippen LogP contribution in [0.4, 0.5) is 13.2 Å². The molecule has 1 saturated heterocycles. The summed E-state index contributed by atoms with van der Waals surface area (Å²) in [5.74, 6) is 0.0533.